The lowest BCUT2D eigenvalue weighted by atomic mass is 9.65. The van der Waals surface area contributed by atoms with Gasteiger partial charge in [-0.1, -0.05) is 36.4 Å². The van der Waals surface area contributed by atoms with Gasteiger partial charge in [-0.15, -0.1) is 0 Å². The molecule has 2 atom stereocenters. The summed E-state index contributed by atoms with van der Waals surface area (Å²) in [5, 5.41) is 0. The first-order valence-corrected chi connectivity index (χ1v) is 7.27. The van der Waals surface area contributed by atoms with Gasteiger partial charge in [0.15, 0.2) is 23.1 Å². The summed E-state index contributed by atoms with van der Waals surface area (Å²) in [7, 11) is 0. The third-order valence-electron chi connectivity index (χ3n) is 4.72. The van der Waals surface area contributed by atoms with Crippen LogP contribution in [0.1, 0.15) is 33.6 Å². The molecule has 0 spiro atoms. The van der Waals surface area contributed by atoms with E-state index in [0.717, 1.165) is 0 Å². The third-order valence-corrected chi connectivity index (χ3v) is 4.72. The van der Waals surface area contributed by atoms with Gasteiger partial charge in [-0.25, -0.2) is 0 Å². The van der Waals surface area contributed by atoms with Crippen molar-refractivity contribution in [1.82, 2.24) is 0 Å². The zero-order chi connectivity index (χ0) is 15.4. The lowest BCUT2D eigenvalue weighted by molar-refractivity contribution is -0.130. The molecule has 0 heterocycles. The van der Waals surface area contributed by atoms with Gasteiger partial charge in [0, 0.05) is 23.0 Å². The van der Waals surface area contributed by atoms with Crippen LogP contribution in [0.2, 0.25) is 0 Å². The fourth-order valence-corrected chi connectivity index (χ4v) is 3.61. The van der Waals surface area contributed by atoms with E-state index in [9.17, 15) is 19.2 Å². The van der Waals surface area contributed by atoms with Crippen molar-refractivity contribution in [2.24, 2.45) is 11.8 Å². The van der Waals surface area contributed by atoms with Crippen molar-refractivity contribution in [1.29, 1.82) is 0 Å². The van der Waals surface area contributed by atoms with Gasteiger partial charge in [-0.2, -0.15) is 0 Å². The minimum Gasteiger partial charge on any atom is -0.294 e. The fourth-order valence-electron chi connectivity index (χ4n) is 3.61. The lowest BCUT2D eigenvalue weighted by Crippen LogP contribution is -2.44. The number of fused-ring (bicyclic) bond motifs is 2. The average Bonchev–Trinajstić information content (AvgIpc) is 2.56. The maximum absolute atomic E-state index is 12.7. The molecule has 22 heavy (non-hydrogen) atoms. The van der Waals surface area contributed by atoms with Crippen molar-refractivity contribution in [2.75, 3.05) is 0 Å². The number of Topliss-reactive ketones (excluding diaryl/α,β-unsaturated/α-hetero) is 4. The van der Waals surface area contributed by atoms with Crippen molar-refractivity contribution < 1.29 is 19.2 Å². The van der Waals surface area contributed by atoms with Crippen LogP contribution in [0.4, 0.5) is 0 Å². The van der Waals surface area contributed by atoms with Crippen LogP contribution in [-0.2, 0) is 9.59 Å². The number of carbonyl (C=O) groups is 4. The van der Waals surface area contributed by atoms with Crippen molar-refractivity contribution in [3.8, 4) is 0 Å². The summed E-state index contributed by atoms with van der Waals surface area (Å²) >= 11 is 0. The Hall–Kier alpha value is -2.62. The Kier molecular flexibility index (Phi) is 2.64. The van der Waals surface area contributed by atoms with Crippen LogP contribution in [0.3, 0.4) is 0 Å². The molecule has 1 aromatic rings. The van der Waals surface area contributed by atoms with Gasteiger partial charge in [-0.05, 0) is 12.8 Å². The van der Waals surface area contributed by atoms with Gasteiger partial charge in [0.1, 0.15) is 0 Å². The minimum atomic E-state index is -0.502. The topological polar surface area (TPSA) is 68.3 Å². The average molecular weight is 292 g/mol. The third kappa shape index (κ3) is 1.52. The molecular weight excluding hydrogens is 280 g/mol. The molecule has 0 aromatic heterocycles. The van der Waals surface area contributed by atoms with Crippen LogP contribution in [0.15, 0.2) is 47.6 Å². The first-order chi connectivity index (χ1) is 10.6. The summed E-state index contributed by atoms with van der Waals surface area (Å²) in [5.41, 5.74) is 0.0601. The maximum Gasteiger partial charge on any atom is 0.198 e. The number of carbonyl (C=O) groups excluding carboxylic acids is 4. The molecule has 0 saturated carbocycles. The van der Waals surface area contributed by atoms with Crippen molar-refractivity contribution in [2.45, 2.75) is 12.8 Å². The first kappa shape index (κ1) is 13.1. The van der Waals surface area contributed by atoms with E-state index in [1.54, 1.807) is 12.1 Å². The Balaban J connectivity index is 1.95. The normalized spacial score (nSPS) is 26.7. The summed E-state index contributed by atoms with van der Waals surface area (Å²) < 4.78 is 0. The summed E-state index contributed by atoms with van der Waals surface area (Å²) in [5.74, 6) is -2.68. The van der Waals surface area contributed by atoms with Crippen LogP contribution < -0.4 is 0 Å². The van der Waals surface area contributed by atoms with E-state index in [1.807, 2.05) is 12.2 Å². The Labute approximate surface area is 126 Å². The predicted octanol–water partition coefficient (Wildman–Crippen LogP) is 2.10. The van der Waals surface area contributed by atoms with Crippen molar-refractivity contribution >= 4 is 23.1 Å². The van der Waals surface area contributed by atoms with Crippen LogP contribution in [-0.4, -0.2) is 23.1 Å². The maximum atomic E-state index is 12.7. The highest BCUT2D eigenvalue weighted by molar-refractivity contribution is 6.45. The molecular formula is C18H12O4. The highest BCUT2D eigenvalue weighted by Crippen LogP contribution is 2.40. The Morgan fingerprint density at radius 3 is 1.50 bits per heavy atom. The van der Waals surface area contributed by atoms with Crippen LogP contribution in [0.5, 0.6) is 0 Å². The summed E-state index contributed by atoms with van der Waals surface area (Å²) in [4.78, 5) is 50.6. The van der Waals surface area contributed by atoms with Crippen molar-refractivity contribution in [3.05, 3.63) is 58.7 Å². The number of hydrogen-bond donors (Lipinski definition) is 0. The zero-order valence-electron chi connectivity index (χ0n) is 11.7. The second-order valence-corrected chi connectivity index (χ2v) is 5.84. The van der Waals surface area contributed by atoms with Crippen molar-refractivity contribution in [3.63, 3.8) is 0 Å². The van der Waals surface area contributed by atoms with E-state index in [2.05, 4.69) is 0 Å². The first-order valence-electron chi connectivity index (χ1n) is 7.27. The molecule has 3 aliphatic rings. The molecule has 0 aliphatic heterocycles. The molecule has 4 rings (SSSR count). The Morgan fingerprint density at radius 2 is 1.09 bits per heavy atom. The fraction of sp³-hybridized carbons (Fsp3) is 0.222. The molecule has 0 radical (unpaired) electrons. The zero-order valence-corrected chi connectivity index (χ0v) is 11.7. The molecule has 0 amide bonds. The Bertz CT molecular complexity index is 758. The standard InChI is InChI=1S/C18H12O4/c19-15-9-5-1-2-6-10(9)16(20)14-13(15)17(21)11-7-3-4-8-12(11)18(14)22/h1-6,11-12H,7-8H2/t11-,12+. The monoisotopic (exact) mass is 292 g/mol. The molecule has 4 nitrogen and oxygen atoms in total. The van der Waals surface area contributed by atoms with Gasteiger partial charge in [0.05, 0.1) is 11.1 Å². The highest BCUT2D eigenvalue weighted by Gasteiger charge is 2.49. The summed E-state index contributed by atoms with van der Waals surface area (Å²) in [6.07, 6.45) is 4.63. The van der Waals surface area contributed by atoms with Gasteiger partial charge in [0.25, 0.3) is 0 Å². The number of ketones is 4. The van der Waals surface area contributed by atoms with E-state index in [1.165, 1.54) is 12.1 Å². The number of hydrogen-bond acceptors (Lipinski definition) is 4. The second kappa shape index (κ2) is 4.44. The van der Waals surface area contributed by atoms with E-state index in [0.29, 0.717) is 12.8 Å². The smallest absolute Gasteiger partial charge is 0.198 e. The highest BCUT2D eigenvalue weighted by atomic mass is 16.2. The number of rotatable bonds is 0. The minimum absolute atomic E-state index is 0.190. The van der Waals surface area contributed by atoms with Crippen LogP contribution >= 0.6 is 0 Å². The van der Waals surface area contributed by atoms with E-state index in [4.69, 9.17) is 0 Å². The largest absolute Gasteiger partial charge is 0.294 e. The summed E-state index contributed by atoms with van der Waals surface area (Å²) in [6.45, 7) is 0. The molecule has 1 aromatic carbocycles. The number of benzene rings is 1. The Morgan fingerprint density at radius 1 is 0.682 bits per heavy atom. The lowest BCUT2D eigenvalue weighted by Gasteiger charge is -2.34. The predicted molar refractivity (Wildman–Crippen MR) is 77.5 cm³/mol. The SMILES string of the molecule is O=C1C2=C(C(=O)c3ccccc31)C(=O)[C@@H]1CC=CC[C@@H]1C2=O. The van der Waals surface area contributed by atoms with E-state index >= 15 is 0 Å². The molecule has 0 saturated heterocycles. The van der Waals surface area contributed by atoms with E-state index < -0.39 is 23.4 Å². The van der Waals surface area contributed by atoms with E-state index in [-0.39, 0.29) is 33.8 Å². The van der Waals surface area contributed by atoms with Gasteiger partial charge < -0.3 is 0 Å². The molecule has 0 unspecified atom stereocenters. The second-order valence-electron chi connectivity index (χ2n) is 5.84. The van der Waals surface area contributed by atoms with Gasteiger partial charge >= 0.3 is 0 Å². The molecule has 108 valence electrons. The van der Waals surface area contributed by atoms with Crippen LogP contribution in [0.25, 0.3) is 0 Å². The summed E-state index contributed by atoms with van der Waals surface area (Å²) in [6, 6.07) is 6.36. The molecule has 3 aliphatic carbocycles. The van der Waals surface area contributed by atoms with Crippen LogP contribution in [0, 0.1) is 11.8 Å². The molecule has 0 N–H and O–H groups in total. The van der Waals surface area contributed by atoms with Gasteiger partial charge in [-0.3, -0.25) is 19.2 Å². The molecule has 0 fully saturated rings. The quantitative estimate of drug-likeness (QED) is 0.542. The van der Waals surface area contributed by atoms with Gasteiger partial charge in [0.2, 0.25) is 0 Å². The molecule has 0 bridgehead atoms. The number of allylic oxidation sites excluding steroid dienone is 4. The molecule has 4 heteroatoms.